The third-order valence-corrected chi connectivity index (χ3v) is 5.33. The van der Waals surface area contributed by atoms with Crippen LogP contribution >= 0.6 is 0 Å². The van der Waals surface area contributed by atoms with E-state index in [1.165, 1.54) is 10.5 Å². The molecule has 0 aliphatic carbocycles. The van der Waals surface area contributed by atoms with Gasteiger partial charge >= 0.3 is 0 Å². The van der Waals surface area contributed by atoms with Crippen LogP contribution in [0.1, 0.15) is 45.2 Å². The SMILES string of the molecule is COc1cccc(C2CCCN2CCN2C(=O)c3ccccc3C2=O)c1. The lowest BCUT2D eigenvalue weighted by atomic mass is 10.0. The van der Waals surface area contributed by atoms with Crippen molar-refractivity contribution in [1.82, 2.24) is 9.80 Å². The van der Waals surface area contributed by atoms with Crippen molar-refractivity contribution in [2.45, 2.75) is 18.9 Å². The van der Waals surface area contributed by atoms with Gasteiger partial charge in [0, 0.05) is 19.1 Å². The molecule has 2 heterocycles. The summed E-state index contributed by atoms with van der Waals surface area (Å²) in [6, 6.07) is 15.5. The number of carbonyl (C=O) groups excluding carboxylic acids is 2. The van der Waals surface area contributed by atoms with Crippen LogP contribution < -0.4 is 4.74 Å². The number of nitrogens with zero attached hydrogens (tertiary/aromatic N) is 2. The van der Waals surface area contributed by atoms with Crippen molar-refractivity contribution in [3.8, 4) is 5.75 Å². The first-order chi connectivity index (χ1) is 12.7. The monoisotopic (exact) mass is 350 g/mol. The molecule has 2 aromatic carbocycles. The number of methoxy groups -OCH3 is 1. The number of hydrogen-bond donors (Lipinski definition) is 0. The van der Waals surface area contributed by atoms with Gasteiger partial charge in [0.2, 0.25) is 0 Å². The van der Waals surface area contributed by atoms with Crippen LogP contribution in [0.5, 0.6) is 5.75 Å². The van der Waals surface area contributed by atoms with Crippen LogP contribution in [0.15, 0.2) is 48.5 Å². The zero-order chi connectivity index (χ0) is 18.1. The van der Waals surface area contributed by atoms with Crippen LogP contribution in [-0.4, -0.2) is 48.4 Å². The van der Waals surface area contributed by atoms with Crippen LogP contribution in [0.25, 0.3) is 0 Å². The second kappa shape index (κ2) is 6.92. The first-order valence-corrected chi connectivity index (χ1v) is 9.02. The molecular weight excluding hydrogens is 328 g/mol. The summed E-state index contributed by atoms with van der Waals surface area (Å²) in [5.41, 5.74) is 2.26. The Kier molecular flexibility index (Phi) is 4.47. The van der Waals surface area contributed by atoms with Crippen LogP contribution in [0.3, 0.4) is 0 Å². The minimum Gasteiger partial charge on any atom is -0.497 e. The van der Waals surface area contributed by atoms with Gasteiger partial charge in [-0.05, 0) is 49.2 Å². The van der Waals surface area contributed by atoms with E-state index in [-0.39, 0.29) is 11.8 Å². The molecule has 0 spiro atoms. The Bertz CT molecular complexity index is 814. The number of fused-ring (bicyclic) bond motifs is 1. The lowest BCUT2D eigenvalue weighted by Gasteiger charge is -2.27. The molecule has 0 saturated carbocycles. The molecule has 1 atom stereocenters. The largest absolute Gasteiger partial charge is 0.497 e. The Hall–Kier alpha value is -2.66. The second-order valence-corrected chi connectivity index (χ2v) is 6.78. The number of rotatable bonds is 5. The van der Waals surface area contributed by atoms with Crippen molar-refractivity contribution < 1.29 is 14.3 Å². The maximum absolute atomic E-state index is 12.5. The highest BCUT2D eigenvalue weighted by Gasteiger charge is 2.36. The molecule has 0 aromatic heterocycles. The molecule has 1 unspecified atom stereocenters. The molecule has 26 heavy (non-hydrogen) atoms. The molecule has 0 N–H and O–H groups in total. The van der Waals surface area contributed by atoms with Gasteiger partial charge in [-0.3, -0.25) is 19.4 Å². The average molecular weight is 350 g/mol. The number of hydrogen-bond acceptors (Lipinski definition) is 4. The van der Waals surface area contributed by atoms with Crippen molar-refractivity contribution in [3.63, 3.8) is 0 Å². The first-order valence-electron chi connectivity index (χ1n) is 9.02. The molecular formula is C21H22N2O3. The number of amides is 2. The highest BCUT2D eigenvalue weighted by atomic mass is 16.5. The van der Waals surface area contributed by atoms with Crippen molar-refractivity contribution in [2.24, 2.45) is 0 Å². The fraction of sp³-hybridized carbons (Fsp3) is 0.333. The molecule has 5 heteroatoms. The smallest absolute Gasteiger partial charge is 0.261 e. The van der Waals surface area contributed by atoms with Gasteiger partial charge in [-0.1, -0.05) is 24.3 Å². The van der Waals surface area contributed by atoms with E-state index in [9.17, 15) is 9.59 Å². The van der Waals surface area contributed by atoms with Crippen molar-refractivity contribution in [3.05, 3.63) is 65.2 Å². The normalized spacial score (nSPS) is 19.9. The number of carbonyl (C=O) groups is 2. The molecule has 0 radical (unpaired) electrons. The van der Waals surface area contributed by atoms with Crippen LogP contribution in [-0.2, 0) is 0 Å². The number of benzene rings is 2. The first kappa shape index (κ1) is 16.8. The highest BCUT2D eigenvalue weighted by molar-refractivity contribution is 6.21. The number of ether oxygens (including phenoxy) is 1. The fourth-order valence-electron chi connectivity index (χ4n) is 3.99. The third kappa shape index (κ3) is 2.88. The topological polar surface area (TPSA) is 49.9 Å². The molecule has 1 saturated heterocycles. The molecule has 1 fully saturated rings. The molecule has 2 aliphatic heterocycles. The Balaban J connectivity index is 1.46. The molecule has 5 nitrogen and oxygen atoms in total. The third-order valence-electron chi connectivity index (χ3n) is 5.33. The van der Waals surface area contributed by atoms with Crippen LogP contribution in [0.2, 0.25) is 0 Å². The van der Waals surface area contributed by atoms with Crippen molar-refractivity contribution >= 4 is 11.8 Å². The highest BCUT2D eigenvalue weighted by Crippen LogP contribution is 2.33. The summed E-state index contributed by atoms with van der Waals surface area (Å²) in [7, 11) is 1.67. The van der Waals surface area contributed by atoms with Gasteiger partial charge in [-0.25, -0.2) is 0 Å². The van der Waals surface area contributed by atoms with E-state index in [0.717, 1.165) is 25.1 Å². The zero-order valence-electron chi connectivity index (χ0n) is 14.9. The summed E-state index contributed by atoms with van der Waals surface area (Å²) >= 11 is 0. The fourth-order valence-corrected chi connectivity index (χ4v) is 3.99. The van der Waals surface area contributed by atoms with E-state index in [2.05, 4.69) is 17.0 Å². The number of likely N-dealkylation sites (tertiary alicyclic amines) is 1. The maximum Gasteiger partial charge on any atom is 0.261 e. The summed E-state index contributed by atoms with van der Waals surface area (Å²) in [6.45, 7) is 2.09. The van der Waals surface area contributed by atoms with E-state index < -0.39 is 0 Å². The van der Waals surface area contributed by atoms with Crippen molar-refractivity contribution in [2.75, 3.05) is 26.7 Å². The molecule has 0 bridgehead atoms. The standard InChI is InChI=1S/C21H22N2O3/c1-26-16-7-4-6-15(14-16)19-10-5-11-22(19)12-13-23-20(24)17-8-2-3-9-18(17)21(23)25/h2-4,6-9,14,19H,5,10-13H2,1H3. The predicted molar refractivity (Wildman–Crippen MR) is 98.4 cm³/mol. The van der Waals surface area contributed by atoms with Crippen LogP contribution in [0, 0.1) is 0 Å². The molecule has 134 valence electrons. The van der Waals surface area contributed by atoms with Gasteiger partial charge in [-0.2, -0.15) is 0 Å². The Labute approximate surface area is 153 Å². The lowest BCUT2D eigenvalue weighted by molar-refractivity contribution is 0.0633. The minimum absolute atomic E-state index is 0.178. The maximum atomic E-state index is 12.5. The molecule has 2 amide bonds. The summed E-state index contributed by atoms with van der Waals surface area (Å²) in [5.74, 6) is 0.500. The zero-order valence-corrected chi connectivity index (χ0v) is 14.9. The quantitative estimate of drug-likeness (QED) is 0.778. The van der Waals surface area contributed by atoms with Crippen molar-refractivity contribution in [1.29, 1.82) is 0 Å². The minimum atomic E-state index is -0.178. The van der Waals surface area contributed by atoms with Gasteiger partial charge in [-0.15, -0.1) is 0 Å². The van der Waals surface area contributed by atoms with E-state index in [4.69, 9.17) is 4.74 Å². The van der Waals surface area contributed by atoms with E-state index in [1.807, 2.05) is 12.1 Å². The van der Waals surface area contributed by atoms with Gasteiger partial charge in [0.15, 0.2) is 0 Å². The molecule has 2 aliphatic rings. The van der Waals surface area contributed by atoms with Gasteiger partial charge in [0.05, 0.1) is 18.2 Å². The predicted octanol–water partition coefficient (Wildman–Crippen LogP) is 3.13. The summed E-state index contributed by atoms with van der Waals surface area (Å²) in [6.07, 6.45) is 2.19. The van der Waals surface area contributed by atoms with E-state index in [0.29, 0.717) is 30.3 Å². The second-order valence-electron chi connectivity index (χ2n) is 6.78. The lowest BCUT2D eigenvalue weighted by Crippen LogP contribution is -2.38. The molecule has 2 aromatic rings. The Morgan fingerprint density at radius 3 is 2.42 bits per heavy atom. The molecule has 4 rings (SSSR count). The summed E-state index contributed by atoms with van der Waals surface area (Å²) in [5, 5.41) is 0. The van der Waals surface area contributed by atoms with Gasteiger partial charge in [0.25, 0.3) is 11.8 Å². The Morgan fingerprint density at radius 1 is 1.00 bits per heavy atom. The van der Waals surface area contributed by atoms with Gasteiger partial charge < -0.3 is 4.74 Å². The van der Waals surface area contributed by atoms with E-state index in [1.54, 1.807) is 31.4 Å². The number of imide groups is 1. The van der Waals surface area contributed by atoms with E-state index >= 15 is 0 Å². The summed E-state index contributed by atoms with van der Waals surface area (Å²) in [4.78, 5) is 28.8. The van der Waals surface area contributed by atoms with Gasteiger partial charge in [0.1, 0.15) is 5.75 Å². The average Bonchev–Trinajstić information content (AvgIpc) is 3.24. The van der Waals surface area contributed by atoms with Crippen LogP contribution in [0.4, 0.5) is 0 Å². The Morgan fingerprint density at radius 2 is 1.73 bits per heavy atom. The summed E-state index contributed by atoms with van der Waals surface area (Å²) < 4.78 is 5.34.